The van der Waals surface area contributed by atoms with Crippen molar-refractivity contribution in [2.75, 3.05) is 13.1 Å². The second-order valence-electron chi connectivity index (χ2n) is 5.88. The van der Waals surface area contributed by atoms with Gasteiger partial charge < -0.3 is 10.4 Å². The summed E-state index contributed by atoms with van der Waals surface area (Å²) in [6.45, 7) is 8.42. The smallest absolute Gasteiger partial charge is 0.0700 e. The molecule has 1 saturated heterocycles. The van der Waals surface area contributed by atoms with Gasteiger partial charge in [0, 0.05) is 6.42 Å². The van der Waals surface area contributed by atoms with E-state index in [1.54, 1.807) is 0 Å². The molecule has 1 aromatic carbocycles. The van der Waals surface area contributed by atoms with Gasteiger partial charge in [0.15, 0.2) is 0 Å². The predicted octanol–water partition coefficient (Wildman–Crippen LogP) is 2.66. The minimum atomic E-state index is -0.520. The van der Waals surface area contributed by atoms with Gasteiger partial charge in [0.25, 0.3) is 0 Å². The zero-order valence-electron chi connectivity index (χ0n) is 11.8. The molecule has 0 saturated carbocycles. The van der Waals surface area contributed by atoms with E-state index in [1.807, 2.05) is 0 Å². The summed E-state index contributed by atoms with van der Waals surface area (Å²) in [6.07, 6.45) is 3.64. The monoisotopic (exact) mass is 247 g/mol. The first-order valence-corrected chi connectivity index (χ1v) is 7.00. The van der Waals surface area contributed by atoms with Gasteiger partial charge in [0.2, 0.25) is 0 Å². The molecule has 0 spiro atoms. The SMILES string of the molecule is Cc1cc(C)c(CC2(O)CCCNCC2)c(C)c1. The lowest BCUT2D eigenvalue weighted by molar-refractivity contribution is 0.0282. The molecule has 1 aliphatic heterocycles. The number of rotatable bonds is 2. The Balaban J connectivity index is 2.22. The lowest BCUT2D eigenvalue weighted by atomic mass is 9.84. The number of aliphatic hydroxyl groups is 1. The molecule has 0 radical (unpaired) electrons. The fourth-order valence-electron chi connectivity index (χ4n) is 3.11. The van der Waals surface area contributed by atoms with E-state index in [-0.39, 0.29) is 0 Å². The van der Waals surface area contributed by atoms with Gasteiger partial charge in [-0.2, -0.15) is 0 Å². The number of nitrogens with one attached hydrogen (secondary N) is 1. The van der Waals surface area contributed by atoms with Gasteiger partial charge in [0.05, 0.1) is 5.60 Å². The fraction of sp³-hybridized carbons (Fsp3) is 0.625. The van der Waals surface area contributed by atoms with Crippen LogP contribution in [0.15, 0.2) is 12.1 Å². The van der Waals surface area contributed by atoms with Gasteiger partial charge >= 0.3 is 0 Å². The number of hydrogen-bond donors (Lipinski definition) is 2. The van der Waals surface area contributed by atoms with E-state index in [1.165, 1.54) is 22.3 Å². The summed E-state index contributed by atoms with van der Waals surface area (Å²) in [4.78, 5) is 0. The highest BCUT2D eigenvalue weighted by atomic mass is 16.3. The molecular formula is C16H25NO. The van der Waals surface area contributed by atoms with Crippen molar-refractivity contribution >= 4 is 0 Å². The van der Waals surface area contributed by atoms with Crippen molar-refractivity contribution < 1.29 is 5.11 Å². The standard InChI is InChI=1S/C16H25NO/c1-12-9-13(2)15(14(3)10-12)11-16(18)5-4-7-17-8-6-16/h9-10,17-18H,4-8,11H2,1-3H3. The number of benzene rings is 1. The second-order valence-corrected chi connectivity index (χ2v) is 5.88. The van der Waals surface area contributed by atoms with Crippen LogP contribution in [-0.2, 0) is 6.42 Å². The van der Waals surface area contributed by atoms with Crippen molar-refractivity contribution in [2.45, 2.75) is 52.1 Å². The van der Waals surface area contributed by atoms with E-state index in [0.29, 0.717) is 0 Å². The summed E-state index contributed by atoms with van der Waals surface area (Å²) in [5, 5.41) is 14.1. The highest BCUT2D eigenvalue weighted by Crippen LogP contribution is 2.28. The van der Waals surface area contributed by atoms with Crippen LogP contribution >= 0.6 is 0 Å². The third-order valence-corrected chi connectivity index (χ3v) is 4.11. The van der Waals surface area contributed by atoms with Crippen LogP contribution < -0.4 is 5.32 Å². The molecule has 0 bridgehead atoms. The minimum Gasteiger partial charge on any atom is -0.389 e. The molecule has 2 N–H and O–H groups in total. The maximum absolute atomic E-state index is 10.8. The van der Waals surface area contributed by atoms with Crippen LogP contribution in [0.5, 0.6) is 0 Å². The Morgan fingerprint density at radius 1 is 1.11 bits per heavy atom. The molecule has 18 heavy (non-hydrogen) atoms. The highest BCUT2D eigenvalue weighted by molar-refractivity contribution is 5.38. The molecule has 0 amide bonds. The zero-order valence-corrected chi connectivity index (χ0v) is 11.8. The van der Waals surface area contributed by atoms with Crippen molar-refractivity contribution in [3.05, 3.63) is 34.4 Å². The third kappa shape index (κ3) is 3.12. The lowest BCUT2D eigenvalue weighted by Gasteiger charge is -2.28. The van der Waals surface area contributed by atoms with E-state index in [0.717, 1.165) is 38.8 Å². The number of aryl methyl sites for hydroxylation is 3. The Morgan fingerprint density at radius 3 is 2.44 bits per heavy atom. The average Bonchev–Trinajstić information content (AvgIpc) is 2.49. The van der Waals surface area contributed by atoms with Gasteiger partial charge in [-0.15, -0.1) is 0 Å². The van der Waals surface area contributed by atoms with Crippen molar-refractivity contribution in [3.63, 3.8) is 0 Å². The van der Waals surface area contributed by atoms with Gasteiger partial charge in [-0.05, 0) is 69.8 Å². The maximum atomic E-state index is 10.8. The summed E-state index contributed by atoms with van der Waals surface area (Å²) in [5.41, 5.74) is 4.76. The van der Waals surface area contributed by atoms with Gasteiger partial charge in [-0.25, -0.2) is 0 Å². The first-order valence-electron chi connectivity index (χ1n) is 7.00. The van der Waals surface area contributed by atoms with E-state index in [9.17, 15) is 5.11 Å². The molecule has 1 heterocycles. The van der Waals surface area contributed by atoms with Crippen LogP contribution in [-0.4, -0.2) is 23.8 Å². The molecule has 1 aliphatic rings. The van der Waals surface area contributed by atoms with Crippen LogP contribution in [0.25, 0.3) is 0 Å². The predicted molar refractivity (Wildman–Crippen MR) is 76.0 cm³/mol. The molecular weight excluding hydrogens is 222 g/mol. The normalized spacial score (nSPS) is 24.9. The van der Waals surface area contributed by atoms with Crippen molar-refractivity contribution in [1.29, 1.82) is 0 Å². The van der Waals surface area contributed by atoms with Crippen molar-refractivity contribution in [1.82, 2.24) is 5.32 Å². The summed E-state index contributed by atoms with van der Waals surface area (Å²) in [7, 11) is 0. The van der Waals surface area contributed by atoms with Crippen LogP contribution in [0.1, 0.15) is 41.5 Å². The summed E-state index contributed by atoms with van der Waals surface area (Å²) in [6, 6.07) is 4.45. The summed E-state index contributed by atoms with van der Waals surface area (Å²) in [5.74, 6) is 0. The second kappa shape index (κ2) is 5.41. The Morgan fingerprint density at radius 2 is 1.78 bits per heavy atom. The highest BCUT2D eigenvalue weighted by Gasteiger charge is 2.29. The molecule has 1 fully saturated rings. The first-order chi connectivity index (χ1) is 8.50. The Labute approximate surface area is 110 Å². The fourth-order valence-corrected chi connectivity index (χ4v) is 3.11. The zero-order chi connectivity index (χ0) is 13.2. The Kier molecular flexibility index (Phi) is 4.08. The molecule has 1 aromatic rings. The number of hydrogen-bond acceptors (Lipinski definition) is 2. The molecule has 0 aromatic heterocycles. The molecule has 2 nitrogen and oxygen atoms in total. The summed E-state index contributed by atoms with van der Waals surface area (Å²) < 4.78 is 0. The quantitative estimate of drug-likeness (QED) is 0.842. The molecule has 2 rings (SSSR count). The van der Waals surface area contributed by atoms with Crippen LogP contribution in [0.4, 0.5) is 0 Å². The van der Waals surface area contributed by atoms with E-state index >= 15 is 0 Å². The lowest BCUT2D eigenvalue weighted by Crippen LogP contribution is -2.33. The molecule has 1 unspecified atom stereocenters. The third-order valence-electron chi connectivity index (χ3n) is 4.11. The van der Waals surface area contributed by atoms with Crippen LogP contribution in [0.3, 0.4) is 0 Å². The molecule has 0 aliphatic carbocycles. The molecule has 2 heteroatoms. The summed E-state index contributed by atoms with van der Waals surface area (Å²) >= 11 is 0. The largest absolute Gasteiger partial charge is 0.389 e. The average molecular weight is 247 g/mol. The van der Waals surface area contributed by atoms with Gasteiger partial charge in [-0.1, -0.05) is 17.7 Å². The topological polar surface area (TPSA) is 32.3 Å². The van der Waals surface area contributed by atoms with Crippen molar-refractivity contribution in [2.24, 2.45) is 0 Å². The van der Waals surface area contributed by atoms with E-state index in [4.69, 9.17) is 0 Å². The van der Waals surface area contributed by atoms with Crippen LogP contribution in [0, 0.1) is 20.8 Å². The minimum absolute atomic E-state index is 0.520. The Bertz CT molecular complexity index is 394. The first kappa shape index (κ1) is 13.6. The maximum Gasteiger partial charge on any atom is 0.0700 e. The molecule has 1 atom stereocenters. The van der Waals surface area contributed by atoms with Gasteiger partial charge in [0.1, 0.15) is 0 Å². The molecule has 100 valence electrons. The van der Waals surface area contributed by atoms with Gasteiger partial charge in [-0.3, -0.25) is 0 Å². The van der Waals surface area contributed by atoms with E-state index in [2.05, 4.69) is 38.2 Å². The van der Waals surface area contributed by atoms with E-state index < -0.39 is 5.60 Å². The van der Waals surface area contributed by atoms with Crippen molar-refractivity contribution in [3.8, 4) is 0 Å². The Hall–Kier alpha value is -0.860. The van der Waals surface area contributed by atoms with Crippen LogP contribution in [0.2, 0.25) is 0 Å².